The fraction of sp³-hybridized carbons (Fsp3) is 0.667. The second-order valence-corrected chi connectivity index (χ2v) is 4.69. The lowest BCUT2D eigenvalue weighted by atomic mass is 10.1. The van der Waals surface area contributed by atoms with Crippen LogP contribution >= 0.6 is 0 Å². The lowest BCUT2D eigenvalue weighted by Crippen LogP contribution is -2.40. The van der Waals surface area contributed by atoms with Gasteiger partial charge in [-0.1, -0.05) is 0 Å². The number of hydrogen-bond acceptors (Lipinski definition) is 5. The van der Waals surface area contributed by atoms with Crippen LogP contribution in [-0.2, 0) is 11.3 Å². The van der Waals surface area contributed by atoms with Crippen molar-refractivity contribution in [2.24, 2.45) is 0 Å². The third-order valence-corrected chi connectivity index (χ3v) is 3.41. The molecular formula is C12H20N4O3. The van der Waals surface area contributed by atoms with Crippen molar-refractivity contribution in [3.05, 3.63) is 20.8 Å². The van der Waals surface area contributed by atoms with Crippen molar-refractivity contribution in [1.82, 2.24) is 9.55 Å². The molecule has 0 unspecified atom stereocenters. The fourth-order valence-corrected chi connectivity index (χ4v) is 2.41. The molecule has 1 aromatic heterocycles. The minimum absolute atomic E-state index is 0.229. The van der Waals surface area contributed by atoms with Crippen molar-refractivity contribution in [2.75, 3.05) is 37.4 Å². The van der Waals surface area contributed by atoms with Gasteiger partial charge < -0.3 is 15.4 Å². The van der Waals surface area contributed by atoms with Crippen molar-refractivity contribution < 1.29 is 4.74 Å². The molecule has 1 aromatic rings. The Morgan fingerprint density at radius 3 is 2.58 bits per heavy atom. The molecule has 0 bridgehead atoms. The molecule has 0 radical (unpaired) electrons. The Morgan fingerprint density at radius 1 is 1.26 bits per heavy atom. The number of methoxy groups -OCH3 is 1. The number of ether oxygens (including phenoxy) is 1. The zero-order chi connectivity index (χ0) is 13.8. The molecule has 106 valence electrons. The van der Waals surface area contributed by atoms with E-state index >= 15 is 0 Å². The molecule has 0 aromatic carbocycles. The fourth-order valence-electron chi connectivity index (χ4n) is 2.41. The predicted molar refractivity (Wildman–Crippen MR) is 73.7 cm³/mol. The SMILES string of the molecule is COCCn1c(N)c(N2CCCCC2)c(=O)[nH]c1=O. The van der Waals surface area contributed by atoms with E-state index in [4.69, 9.17) is 10.5 Å². The Kier molecular flexibility index (Phi) is 4.26. The number of hydrogen-bond donors (Lipinski definition) is 2. The van der Waals surface area contributed by atoms with Gasteiger partial charge in [-0.3, -0.25) is 14.3 Å². The van der Waals surface area contributed by atoms with E-state index in [1.807, 2.05) is 4.90 Å². The summed E-state index contributed by atoms with van der Waals surface area (Å²) >= 11 is 0. The van der Waals surface area contributed by atoms with E-state index in [0.29, 0.717) is 18.8 Å². The third kappa shape index (κ3) is 2.81. The van der Waals surface area contributed by atoms with E-state index in [1.54, 1.807) is 7.11 Å². The number of nitrogens with two attached hydrogens (primary N) is 1. The zero-order valence-electron chi connectivity index (χ0n) is 11.1. The summed E-state index contributed by atoms with van der Waals surface area (Å²) in [4.78, 5) is 28.0. The monoisotopic (exact) mass is 268 g/mol. The minimum Gasteiger partial charge on any atom is -0.383 e. The summed E-state index contributed by atoms with van der Waals surface area (Å²) in [7, 11) is 1.55. The van der Waals surface area contributed by atoms with Crippen LogP contribution in [0, 0.1) is 0 Å². The number of aromatic nitrogens is 2. The van der Waals surface area contributed by atoms with Crippen LogP contribution in [0.2, 0.25) is 0 Å². The summed E-state index contributed by atoms with van der Waals surface area (Å²) in [6, 6.07) is 0. The average Bonchev–Trinajstić information content (AvgIpc) is 2.39. The van der Waals surface area contributed by atoms with E-state index in [1.165, 1.54) is 4.57 Å². The van der Waals surface area contributed by atoms with E-state index in [0.717, 1.165) is 32.4 Å². The minimum atomic E-state index is -0.486. The molecule has 1 saturated heterocycles. The Balaban J connectivity index is 2.42. The highest BCUT2D eigenvalue weighted by Gasteiger charge is 2.20. The van der Waals surface area contributed by atoms with Gasteiger partial charge in [-0.25, -0.2) is 4.79 Å². The van der Waals surface area contributed by atoms with Crippen molar-refractivity contribution >= 4 is 11.5 Å². The topological polar surface area (TPSA) is 93.3 Å². The summed E-state index contributed by atoms with van der Waals surface area (Å²) < 4.78 is 6.31. The molecule has 0 saturated carbocycles. The van der Waals surface area contributed by atoms with Crippen LogP contribution < -0.4 is 21.9 Å². The molecule has 0 aliphatic carbocycles. The molecule has 7 heteroatoms. The van der Waals surface area contributed by atoms with Crippen LogP contribution in [-0.4, -0.2) is 36.4 Å². The number of aromatic amines is 1. The maximum absolute atomic E-state index is 12.0. The van der Waals surface area contributed by atoms with E-state index in [-0.39, 0.29) is 5.82 Å². The Bertz CT molecular complexity index is 543. The number of rotatable bonds is 4. The molecule has 1 fully saturated rings. The number of nitrogens with one attached hydrogen (secondary N) is 1. The number of nitrogen functional groups attached to an aromatic ring is 1. The van der Waals surface area contributed by atoms with Gasteiger partial charge in [-0.2, -0.15) is 0 Å². The van der Waals surface area contributed by atoms with Gasteiger partial charge in [0.05, 0.1) is 13.2 Å². The highest BCUT2D eigenvalue weighted by atomic mass is 16.5. The molecule has 7 nitrogen and oxygen atoms in total. The molecule has 0 atom stereocenters. The standard InChI is InChI=1S/C12H20N4O3/c1-19-8-7-16-10(13)9(11(17)14-12(16)18)15-5-3-2-4-6-15/h2-8,13H2,1H3,(H,14,17,18). The lowest BCUT2D eigenvalue weighted by Gasteiger charge is -2.29. The summed E-state index contributed by atoms with van der Waals surface area (Å²) in [6.07, 6.45) is 3.24. The second-order valence-electron chi connectivity index (χ2n) is 4.69. The third-order valence-electron chi connectivity index (χ3n) is 3.41. The normalized spacial score (nSPS) is 15.7. The quantitative estimate of drug-likeness (QED) is 0.786. The van der Waals surface area contributed by atoms with Crippen molar-refractivity contribution in [3.8, 4) is 0 Å². The van der Waals surface area contributed by atoms with Gasteiger partial charge in [0.25, 0.3) is 5.56 Å². The smallest absolute Gasteiger partial charge is 0.330 e. The maximum atomic E-state index is 12.0. The first-order chi connectivity index (χ1) is 9.15. The Labute approximate surface area is 111 Å². The van der Waals surface area contributed by atoms with Gasteiger partial charge in [0, 0.05) is 20.2 Å². The Morgan fingerprint density at radius 2 is 1.95 bits per heavy atom. The highest BCUT2D eigenvalue weighted by molar-refractivity contribution is 5.62. The first-order valence-electron chi connectivity index (χ1n) is 6.51. The molecule has 1 aliphatic rings. The van der Waals surface area contributed by atoms with Crippen LogP contribution in [0.15, 0.2) is 9.59 Å². The molecule has 19 heavy (non-hydrogen) atoms. The first-order valence-corrected chi connectivity index (χ1v) is 6.51. The molecule has 2 heterocycles. The highest BCUT2D eigenvalue weighted by Crippen LogP contribution is 2.20. The van der Waals surface area contributed by atoms with Crippen LogP contribution in [0.1, 0.15) is 19.3 Å². The summed E-state index contributed by atoms with van der Waals surface area (Å²) in [5.74, 6) is 0.229. The second kappa shape index (κ2) is 5.92. The van der Waals surface area contributed by atoms with E-state index in [2.05, 4.69) is 4.98 Å². The van der Waals surface area contributed by atoms with Gasteiger partial charge in [0.15, 0.2) is 0 Å². The van der Waals surface area contributed by atoms with Gasteiger partial charge in [-0.05, 0) is 19.3 Å². The van der Waals surface area contributed by atoms with Crippen molar-refractivity contribution in [1.29, 1.82) is 0 Å². The largest absolute Gasteiger partial charge is 0.383 e. The Hall–Kier alpha value is -1.76. The molecule has 3 N–H and O–H groups in total. The zero-order valence-corrected chi connectivity index (χ0v) is 11.1. The summed E-state index contributed by atoms with van der Waals surface area (Å²) in [5, 5.41) is 0. The molecule has 0 spiro atoms. The number of nitrogens with zero attached hydrogens (tertiary/aromatic N) is 2. The van der Waals surface area contributed by atoms with Gasteiger partial charge >= 0.3 is 5.69 Å². The van der Waals surface area contributed by atoms with Crippen molar-refractivity contribution in [2.45, 2.75) is 25.8 Å². The van der Waals surface area contributed by atoms with E-state index < -0.39 is 11.2 Å². The van der Waals surface area contributed by atoms with Crippen LogP contribution in [0.3, 0.4) is 0 Å². The van der Waals surface area contributed by atoms with E-state index in [9.17, 15) is 9.59 Å². The first kappa shape index (κ1) is 13.7. The van der Waals surface area contributed by atoms with Gasteiger partial charge in [-0.15, -0.1) is 0 Å². The lowest BCUT2D eigenvalue weighted by molar-refractivity contribution is 0.186. The predicted octanol–water partition coefficient (Wildman–Crippen LogP) is -0.244. The summed E-state index contributed by atoms with van der Waals surface area (Å²) in [6.45, 7) is 2.31. The number of anilines is 2. The maximum Gasteiger partial charge on any atom is 0.330 e. The number of H-pyrrole nitrogens is 1. The van der Waals surface area contributed by atoms with Crippen LogP contribution in [0.4, 0.5) is 11.5 Å². The molecular weight excluding hydrogens is 248 g/mol. The van der Waals surface area contributed by atoms with Crippen LogP contribution in [0.25, 0.3) is 0 Å². The average molecular weight is 268 g/mol. The number of piperidine rings is 1. The molecule has 0 amide bonds. The van der Waals surface area contributed by atoms with Gasteiger partial charge in [0.2, 0.25) is 0 Å². The van der Waals surface area contributed by atoms with Crippen molar-refractivity contribution in [3.63, 3.8) is 0 Å². The molecule has 2 rings (SSSR count). The molecule has 1 aliphatic heterocycles. The summed E-state index contributed by atoms with van der Waals surface area (Å²) in [5.41, 5.74) is 5.52. The van der Waals surface area contributed by atoms with Gasteiger partial charge in [0.1, 0.15) is 11.5 Å². The van der Waals surface area contributed by atoms with Crippen LogP contribution in [0.5, 0.6) is 0 Å².